The van der Waals surface area contributed by atoms with Crippen molar-refractivity contribution in [1.29, 1.82) is 0 Å². The lowest BCUT2D eigenvalue weighted by atomic mass is 10.2. The van der Waals surface area contributed by atoms with Gasteiger partial charge < -0.3 is 9.73 Å². The van der Waals surface area contributed by atoms with Crippen LogP contribution in [0.2, 0.25) is 5.02 Å². The molecule has 0 atom stereocenters. The summed E-state index contributed by atoms with van der Waals surface area (Å²) in [5.74, 6) is 0.786. The van der Waals surface area contributed by atoms with Crippen LogP contribution >= 0.6 is 11.6 Å². The quantitative estimate of drug-likeness (QED) is 0.867. The fraction of sp³-hybridized carbons (Fsp3) is 0.182. The topological polar surface area (TPSA) is 38.1 Å². The highest BCUT2D eigenvalue weighted by Gasteiger charge is 2.03. The minimum Gasteiger partial charge on any atom is -0.447 e. The molecule has 0 aliphatic carbocycles. The molecule has 0 saturated carbocycles. The van der Waals surface area contributed by atoms with Crippen molar-refractivity contribution in [3.63, 3.8) is 0 Å². The zero-order valence-electron chi connectivity index (χ0n) is 8.33. The highest BCUT2D eigenvalue weighted by atomic mass is 35.5. The molecule has 1 N–H and O–H groups in total. The second kappa shape index (κ2) is 4.36. The molecule has 3 nitrogen and oxygen atoms in total. The van der Waals surface area contributed by atoms with Crippen molar-refractivity contribution >= 4 is 17.3 Å². The molecule has 2 rings (SSSR count). The van der Waals surface area contributed by atoms with E-state index in [4.69, 9.17) is 16.0 Å². The summed E-state index contributed by atoms with van der Waals surface area (Å²) in [4.78, 5) is 3.84. The SMILES string of the molecule is Cc1cccc(Cl)c1NCc1cnco1. The second-order valence-electron chi connectivity index (χ2n) is 3.25. The van der Waals surface area contributed by atoms with Crippen molar-refractivity contribution in [2.75, 3.05) is 5.32 Å². The van der Waals surface area contributed by atoms with Gasteiger partial charge in [-0.3, -0.25) is 0 Å². The summed E-state index contributed by atoms with van der Waals surface area (Å²) in [6.45, 7) is 2.60. The van der Waals surface area contributed by atoms with Crippen LogP contribution in [0.1, 0.15) is 11.3 Å². The molecule has 0 aliphatic rings. The summed E-state index contributed by atoms with van der Waals surface area (Å²) >= 11 is 6.06. The highest BCUT2D eigenvalue weighted by molar-refractivity contribution is 6.33. The van der Waals surface area contributed by atoms with Crippen molar-refractivity contribution in [2.24, 2.45) is 0 Å². The van der Waals surface area contributed by atoms with Gasteiger partial charge in [-0.05, 0) is 18.6 Å². The maximum absolute atomic E-state index is 6.06. The van der Waals surface area contributed by atoms with E-state index in [0.29, 0.717) is 6.54 Å². The van der Waals surface area contributed by atoms with Crippen LogP contribution in [0.3, 0.4) is 0 Å². The summed E-state index contributed by atoms with van der Waals surface area (Å²) in [7, 11) is 0. The first-order valence-corrected chi connectivity index (χ1v) is 5.01. The molecule has 0 fully saturated rings. The van der Waals surface area contributed by atoms with Gasteiger partial charge in [0.2, 0.25) is 0 Å². The summed E-state index contributed by atoms with van der Waals surface area (Å²) in [6.07, 6.45) is 3.09. The average Bonchev–Trinajstić information content (AvgIpc) is 2.70. The first-order valence-electron chi connectivity index (χ1n) is 4.64. The number of aryl methyl sites for hydroxylation is 1. The van der Waals surface area contributed by atoms with Crippen LogP contribution in [-0.4, -0.2) is 4.98 Å². The number of rotatable bonds is 3. The van der Waals surface area contributed by atoms with Crippen LogP contribution in [-0.2, 0) is 6.54 Å². The number of oxazole rings is 1. The number of benzene rings is 1. The van der Waals surface area contributed by atoms with Gasteiger partial charge in [-0.25, -0.2) is 4.98 Å². The number of nitrogens with zero attached hydrogens (tertiary/aromatic N) is 1. The third-order valence-electron chi connectivity index (χ3n) is 2.14. The van der Waals surface area contributed by atoms with E-state index < -0.39 is 0 Å². The van der Waals surface area contributed by atoms with Crippen molar-refractivity contribution < 1.29 is 4.42 Å². The van der Waals surface area contributed by atoms with Gasteiger partial charge in [0.25, 0.3) is 0 Å². The Hall–Kier alpha value is -1.48. The summed E-state index contributed by atoms with van der Waals surface area (Å²) < 4.78 is 5.12. The van der Waals surface area contributed by atoms with Gasteiger partial charge in [-0.1, -0.05) is 23.7 Å². The Kier molecular flexibility index (Phi) is 2.92. The van der Waals surface area contributed by atoms with E-state index in [1.165, 1.54) is 6.39 Å². The van der Waals surface area contributed by atoms with E-state index >= 15 is 0 Å². The van der Waals surface area contributed by atoms with Crippen LogP contribution in [0.5, 0.6) is 0 Å². The zero-order chi connectivity index (χ0) is 10.7. The predicted molar refractivity (Wildman–Crippen MR) is 60.0 cm³/mol. The number of para-hydroxylation sites is 1. The van der Waals surface area contributed by atoms with E-state index in [1.807, 2.05) is 25.1 Å². The van der Waals surface area contributed by atoms with Gasteiger partial charge in [0.1, 0.15) is 5.76 Å². The number of nitrogens with one attached hydrogen (secondary N) is 1. The summed E-state index contributed by atoms with van der Waals surface area (Å²) in [5, 5.41) is 3.94. The Morgan fingerprint density at radius 1 is 1.47 bits per heavy atom. The average molecular weight is 223 g/mol. The monoisotopic (exact) mass is 222 g/mol. The molecular formula is C11H11ClN2O. The smallest absolute Gasteiger partial charge is 0.180 e. The number of anilines is 1. The third-order valence-corrected chi connectivity index (χ3v) is 2.46. The van der Waals surface area contributed by atoms with Crippen LogP contribution in [0.4, 0.5) is 5.69 Å². The number of aromatic nitrogens is 1. The number of hydrogen-bond donors (Lipinski definition) is 1. The lowest BCUT2D eigenvalue weighted by Crippen LogP contribution is -2.00. The summed E-state index contributed by atoms with van der Waals surface area (Å²) in [6, 6.07) is 5.79. The van der Waals surface area contributed by atoms with E-state index in [1.54, 1.807) is 6.20 Å². The predicted octanol–water partition coefficient (Wildman–Crippen LogP) is 3.25. The molecule has 0 aliphatic heterocycles. The lowest BCUT2D eigenvalue weighted by Gasteiger charge is -2.09. The van der Waals surface area contributed by atoms with Gasteiger partial charge in [0.15, 0.2) is 6.39 Å². The standard InChI is InChI=1S/C11H11ClN2O/c1-8-3-2-4-10(12)11(8)14-6-9-5-13-7-15-9/h2-5,7,14H,6H2,1H3. The molecule has 4 heteroatoms. The van der Waals surface area contributed by atoms with Crippen molar-refractivity contribution in [3.8, 4) is 0 Å². The van der Waals surface area contributed by atoms with Crippen LogP contribution < -0.4 is 5.32 Å². The molecule has 0 saturated heterocycles. The molecule has 0 amide bonds. The van der Waals surface area contributed by atoms with Gasteiger partial charge in [0, 0.05) is 0 Å². The largest absolute Gasteiger partial charge is 0.447 e. The number of halogens is 1. The van der Waals surface area contributed by atoms with Gasteiger partial charge in [0.05, 0.1) is 23.5 Å². The lowest BCUT2D eigenvalue weighted by molar-refractivity contribution is 0.511. The van der Waals surface area contributed by atoms with Gasteiger partial charge >= 0.3 is 0 Å². The fourth-order valence-corrected chi connectivity index (χ4v) is 1.65. The number of hydrogen-bond acceptors (Lipinski definition) is 3. The molecule has 0 bridgehead atoms. The first kappa shape index (κ1) is 10.1. The van der Waals surface area contributed by atoms with Gasteiger partial charge in [-0.2, -0.15) is 0 Å². The molecule has 78 valence electrons. The zero-order valence-corrected chi connectivity index (χ0v) is 9.08. The normalized spacial score (nSPS) is 10.3. The molecule has 0 unspecified atom stereocenters. The molecule has 2 aromatic rings. The third kappa shape index (κ3) is 2.30. The minimum absolute atomic E-state index is 0.588. The van der Waals surface area contributed by atoms with E-state index in [0.717, 1.165) is 22.0 Å². The van der Waals surface area contributed by atoms with Crippen LogP contribution in [0.25, 0.3) is 0 Å². The summed E-state index contributed by atoms with van der Waals surface area (Å²) in [5.41, 5.74) is 2.05. The first-order chi connectivity index (χ1) is 7.27. The molecule has 1 aromatic carbocycles. The molecule has 15 heavy (non-hydrogen) atoms. The minimum atomic E-state index is 0.588. The molecule has 1 heterocycles. The van der Waals surface area contributed by atoms with E-state index in [2.05, 4.69) is 10.3 Å². The Balaban J connectivity index is 2.11. The fourth-order valence-electron chi connectivity index (χ4n) is 1.36. The Bertz CT molecular complexity index is 420. The Morgan fingerprint density at radius 2 is 2.33 bits per heavy atom. The Labute approximate surface area is 93.1 Å². The van der Waals surface area contributed by atoms with Crippen LogP contribution in [0.15, 0.2) is 35.2 Å². The highest BCUT2D eigenvalue weighted by Crippen LogP contribution is 2.25. The molecule has 1 aromatic heterocycles. The van der Waals surface area contributed by atoms with E-state index in [-0.39, 0.29) is 0 Å². The second-order valence-corrected chi connectivity index (χ2v) is 3.66. The van der Waals surface area contributed by atoms with Crippen LogP contribution in [0, 0.1) is 6.92 Å². The maximum atomic E-state index is 6.06. The molecular weight excluding hydrogens is 212 g/mol. The molecule has 0 radical (unpaired) electrons. The van der Waals surface area contributed by atoms with Gasteiger partial charge in [-0.15, -0.1) is 0 Å². The van der Waals surface area contributed by atoms with Crippen molar-refractivity contribution in [1.82, 2.24) is 4.98 Å². The Morgan fingerprint density at radius 3 is 3.00 bits per heavy atom. The molecule has 0 spiro atoms. The maximum Gasteiger partial charge on any atom is 0.180 e. The van der Waals surface area contributed by atoms with Crippen molar-refractivity contribution in [3.05, 3.63) is 47.1 Å². The van der Waals surface area contributed by atoms with Crippen molar-refractivity contribution in [2.45, 2.75) is 13.5 Å². The van der Waals surface area contributed by atoms with E-state index in [9.17, 15) is 0 Å².